The first-order chi connectivity index (χ1) is 18.1. The van der Waals surface area contributed by atoms with Gasteiger partial charge < -0.3 is 19.4 Å². The van der Waals surface area contributed by atoms with Gasteiger partial charge in [-0.1, -0.05) is 42.0 Å². The molecule has 198 valence electrons. The third kappa shape index (κ3) is 6.64. The van der Waals surface area contributed by atoms with Crippen LogP contribution in [0.5, 0.6) is 5.75 Å². The SMILES string of the molecule is COc1ccc(CN(C(=O)Cn2nnc(-c3ccc(C)cc3)n2)[C@H](C(=O)NC(C)(C)C)c2ccco2)cc1. The van der Waals surface area contributed by atoms with Crippen molar-refractivity contribution in [1.29, 1.82) is 0 Å². The van der Waals surface area contributed by atoms with Crippen LogP contribution < -0.4 is 10.1 Å². The van der Waals surface area contributed by atoms with E-state index in [0.29, 0.717) is 17.3 Å². The number of nitrogens with zero attached hydrogens (tertiary/aromatic N) is 5. The number of hydrogen-bond donors (Lipinski definition) is 1. The van der Waals surface area contributed by atoms with Crippen molar-refractivity contribution >= 4 is 11.8 Å². The van der Waals surface area contributed by atoms with Gasteiger partial charge in [-0.15, -0.1) is 10.2 Å². The Balaban J connectivity index is 1.65. The van der Waals surface area contributed by atoms with E-state index in [1.54, 1.807) is 19.2 Å². The highest BCUT2D eigenvalue weighted by Gasteiger charge is 2.35. The number of aryl methyl sites for hydroxylation is 1. The molecule has 0 saturated heterocycles. The van der Waals surface area contributed by atoms with E-state index in [0.717, 1.165) is 16.7 Å². The fourth-order valence-corrected chi connectivity index (χ4v) is 3.90. The number of ether oxygens (including phenoxy) is 1. The van der Waals surface area contributed by atoms with Gasteiger partial charge >= 0.3 is 0 Å². The molecule has 0 fully saturated rings. The minimum atomic E-state index is -1.01. The second-order valence-corrected chi connectivity index (χ2v) is 10.0. The second kappa shape index (κ2) is 11.3. The number of carbonyl (C=O) groups excluding carboxylic acids is 2. The zero-order chi connectivity index (χ0) is 27.3. The summed E-state index contributed by atoms with van der Waals surface area (Å²) >= 11 is 0. The van der Waals surface area contributed by atoms with Gasteiger partial charge in [0.05, 0.1) is 13.4 Å². The first-order valence-corrected chi connectivity index (χ1v) is 12.3. The number of furan rings is 1. The fourth-order valence-electron chi connectivity index (χ4n) is 3.90. The van der Waals surface area contributed by atoms with Crippen LogP contribution in [0.1, 0.15) is 43.7 Å². The van der Waals surface area contributed by atoms with Gasteiger partial charge in [0.1, 0.15) is 18.1 Å². The highest BCUT2D eigenvalue weighted by atomic mass is 16.5. The minimum Gasteiger partial charge on any atom is -0.497 e. The van der Waals surface area contributed by atoms with E-state index in [2.05, 4.69) is 20.7 Å². The van der Waals surface area contributed by atoms with E-state index in [9.17, 15) is 9.59 Å². The van der Waals surface area contributed by atoms with Gasteiger partial charge in [-0.25, -0.2) is 0 Å². The topological polar surface area (TPSA) is 115 Å². The van der Waals surface area contributed by atoms with Crippen molar-refractivity contribution in [1.82, 2.24) is 30.4 Å². The van der Waals surface area contributed by atoms with Crippen LogP contribution in [-0.2, 0) is 22.7 Å². The number of nitrogens with one attached hydrogen (secondary N) is 1. The number of aromatic nitrogens is 4. The van der Waals surface area contributed by atoms with E-state index < -0.39 is 11.6 Å². The maximum atomic E-state index is 13.8. The lowest BCUT2D eigenvalue weighted by Crippen LogP contribution is -2.49. The van der Waals surface area contributed by atoms with Crippen LogP contribution in [0.2, 0.25) is 0 Å². The molecule has 1 atom stereocenters. The average Bonchev–Trinajstić information content (AvgIpc) is 3.56. The predicted octanol–water partition coefficient (Wildman–Crippen LogP) is 3.93. The zero-order valence-corrected chi connectivity index (χ0v) is 22.2. The Hall–Kier alpha value is -4.47. The summed E-state index contributed by atoms with van der Waals surface area (Å²) in [6.07, 6.45) is 1.48. The van der Waals surface area contributed by atoms with Crippen LogP contribution >= 0.6 is 0 Å². The van der Waals surface area contributed by atoms with Crippen molar-refractivity contribution in [3.8, 4) is 17.1 Å². The minimum absolute atomic E-state index is 0.144. The number of tetrazole rings is 1. The van der Waals surface area contributed by atoms with Crippen molar-refractivity contribution in [3.05, 3.63) is 83.8 Å². The molecule has 2 aromatic carbocycles. The van der Waals surface area contributed by atoms with Crippen molar-refractivity contribution < 1.29 is 18.7 Å². The smallest absolute Gasteiger partial charge is 0.251 e. The molecule has 0 spiro atoms. The van der Waals surface area contributed by atoms with Crippen molar-refractivity contribution in [2.45, 2.75) is 52.4 Å². The molecule has 4 aromatic rings. The summed E-state index contributed by atoms with van der Waals surface area (Å²) in [6, 6.07) is 17.4. The number of amides is 2. The summed E-state index contributed by atoms with van der Waals surface area (Å²) in [5.41, 5.74) is 2.20. The molecule has 0 bridgehead atoms. The van der Waals surface area contributed by atoms with Gasteiger partial charge in [-0.2, -0.15) is 4.80 Å². The van der Waals surface area contributed by atoms with Gasteiger partial charge in [0.25, 0.3) is 5.91 Å². The molecular formula is C28H32N6O4. The van der Waals surface area contributed by atoms with E-state index in [1.165, 1.54) is 16.0 Å². The Morgan fingerprint density at radius 1 is 1.08 bits per heavy atom. The molecule has 2 aromatic heterocycles. The summed E-state index contributed by atoms with van der Waals surface area (Å²) in [7, 11) is 1.59. The molecule has 38 heavy (non-hydrogen) atoms. The van der Waals surface area contributed by atoms with Gasteiger partial charge in [-0.3, -0.25) is 9.59 Å². The van der Waals surface area contributed by atoms with Crippen molar-refractivity contribution in [3.63, 3.8) is 0 Å². The molecular weight excluding hydrogens is 484 g/mol. The Morgan fingerprint density at radius 2 is 1.79 bits per heavy atom. The van der Waals surface area contributed by atoms with Crippen LogP contribution in [0.3, 0.4) is 0 Å². The number of rotatable bonds is 9. The lowest BCUT2D eigenvalue weighted by molar-refractivity contribution is -0.143. The lowest BCUT2D eigenvalue weighted by atomic mass is 10.1. The molecule has 2 heterocycles. The van der Waals surface area contributed by atoms with E-state index in [4.69, 9.17) is 9.15 Å². The summed E-state index contributed by atoms with van der Waals surface area (Å²) < 4.78 is 10.9. The Morgan fingerprint density at radius 3 is 2.39 bits per heavy atom. The maximum absolute atomic E-state index is 13.8. The predicted molar refractivity (Wildman–Crippen MR) is 141 cm³/mol. The molecule has 4 rings (SSSR count). The van der Waals surface area contributed by atoms with Gasteiger partial charge in [0.2, 0.25) is 11.7 Å². The Labute approximate surface area is 221 Å². The zero-order valence-electron chi connectivity index (χ0n) is 22.2. The summed E-state index contributed by atoms with van der Waals surface area (Å²) in [4.78, 5) is 30.0. The Kier molecular flexibility index (Phi) is 7.90. The van der Waals surface area contributed by atoms with Crippen molar-refractivity contribution in [2.24, 2.45) is 0 Å². The monoisotopic (exact) mass is 516 g/mol. The normalized spacial score (nSPS) is 12.1. The molecule has 0 saturated carbocycles. The van der Waals surface area contributed by atoms with Gasteiger partial charge in [0, 0.05) is 17.6 Å². The summed E-state index contributed by atoms with van der Waals surface area (Å²) in [5, 5.41) is 15.6. The highest BCUT2D eigenvalue weighted by molar-refractivity contribution is 5.88. The van der Waals surface area contributed by atoms with Crippen LogP contribution in [0.25, 0.3) is 11.4 Å². The quantitative estimate of drug-likeness (QED) is 0.358. The summed E-state index contributed by atoms with van der Waals surface area (Å²) in [5.74, 6) is 0.712. The largest absolute Gasteiger partial charge is 0.497 e. The second-order valence-electron chi connectivity index (χ2n) is 10.0. The highest BCUT2D eigenvalue weighted by Crippen LogP contribution is 2.26. The molecule has 0 unspecified atom stereocenters. The fraction of sp³-hybridized carbons (Fsp3) is 0.321. The number of carbonyl (C=O) groups is 2. The van der Waals surface area contributed by atoms with Crippen LogP contribution in [0, 0.1) is 6.92 Å². The third-order valence-corrected chi connectivity index (χ3v) is 5.74. The van der Waals surface area contributed by atoms with E-state index >= 15 is 0 Å². The van der Waals surface area contributed by atoms with Crippen LogP contribution in [0.4, 0.5) is 0 Å². The summed E-state index contributed by atoms with van der Waals surface area (Å²) in [6.45, 7) is 7.57. The number of methoxy groups -OCH3 is 1. The molecule has 2 amide bonds. The average molecular weight is 517 g/mol. The molecule has 0 aliphatic carbocycles. The molecule has 0 aliphatic rings. The molecule has 10 heteroatoms. The van der Waals surface area contributed by atoms with E-state index in [1.807, 2.05) is 76.2 Å². The molecule has 0 radical (unpaired) electrons. The number of hydrogen-bond acceptors (Lipinski definition) is 7. The molecule has 10 nitrogen and oxygen atoms in total. The van der Waals surface area contributed by atoms with Gasteiger partial charge in [-0.05, 0) is 62.7 Å². The van der Waals surface area contributed by atoms with E-state index in [-0.39, 0.29) is 24.9 Å². The first kappa shape index (κ1) is 26.6. The third-order valence-electron chi connectivity index (χ3n) is 5.74. The first-order valence-electron chi connectivity index (χ1n) is 12.3. The van der Waals surface area contributed by atoms with Crippen molar-refractivity contribution in [2.75, 3.05) is 7.11 Å². The number of benzene rings is 2. The molecule has 0 aliphatic heterocycles. The standard InChI is InChI=1S/C28H32N6O4/c1-19-8-12-21(13-9-19)26-30-32-34(31-26)18-24(35)33(17-20-10-14-22(37-5)15-11-20)25(23-7-6-16-38-23)27(36)29-28(2,3)4/h6-16,25H,17-18H2,1-5H3,(H,29,36)/t25-/m0/s1. The van der Waals surface area contributed by atoms with Gasteiger partial charge in [0.15, 0.2) is 6.04 Å². The van der Waals surface area contributed by atoms with Crippen LogP contribution in [0.15, 0.2) is 71.3 Å². The lowest BCUT2D eigenvalue weighted by Gasteiger charge is -2.32. The molecule has 1 N–H and O–H groups in total. The maximum Gasteiger partial charge on any atom is 0.251 e. The van der Waals surface area contributed by atoms with Crippen LogP contribution in [-0.4, -0.2) is 49.6 Å². The Bertz CT molecular complexity index is 1360.